The van der Waals surface area contributed by atoms with E-state index in [1.165, 1.54) is 26.8 Å². The lowest BCUT2D eigenvalue weighted by molar-refractivity contribution is 0.0904. The summed E-state index contributed by atoms with van der Waals surface area (Å²) in [5.41, 5.74) is 0.338. The minimum Gasteiger partial charge on any atom is -0.480 e. The number of rotatable bonds is 4. The summed E-state index contributed by atoms with van der Waals surface area (Å²) in [5, 5.41) is 0. The average Bonchev–Trinajstić information content (AvgIpc) is 3.03. The maximum absolute atomic E-state index is 12.4. The van der Waals surface area contributed by atoms with Gasteiger partial charge in [-0.2, -0.15) is 4.98 Å². The molecular weight excluding hydrogens is 232 g/mol. The van der Waals surface area contributed by atoms with Crippen molar-refractivity contribution in [1.82, 2.24) is 9.97 Å². The van der Waals surface area contributed by atoms with Gasteiger partial charge in [-0.15, -0.1) is 0 Å². The van der Waals surface area contributed by atoms with Crippen LogP contribution in [0.2, 0.25) is 0 Å². The third-order valence-electron chi connectivity index (χ3n) is 3.97. The number of hydrogen-bond acceptors (Lipinski definition) is 5. The molecule has 3 rings (SSSR count). The lowest BCUT2D eigenvalue weighted by Crippen LogP contribution is -2.16. The Labute approximate surface area is 106 Å². The Bertz CT molecular complexity index is 479. The summed E-state index contributed by atoms with van der Waals surface area (Å²) in [7, 11) is 3.00. The Morgan fingerprint density at radius 2 is 1.94 bits per heavy atom. The van der Waals surface area contributed by atoms with Gasteiger partial charge in [0.2, 0.25) is 11.8 Å². The molecule has 0 bridgehead atoms. The number of nitrogens with zero attached hydrogens (tertiary/aromatic N) is 2. The van der Waals surface area contributed by atoms with Gasteiger partial charge in [-0.05, 0) is 31.1 Å². The third-order valence-corrected chi connectivity index (χ3v) is 3.97. The molecule has 1 heterocycles. The molecule has 0 saturated heterocycles. The first-order valence-corrected chi connectivity index (χ1v) is 6.22. The van der Waals surface area contributed by atoms with Gasteiger partial charge in [0.25, 0.3) is 0 Å². The van der Waals surface area contributed by atoms with Crippen LogP contribution in [0.4, 0.5) is 0 Å². The molecule has 5 nitrogen and oxygen atoms in total. The first-order valence-electron chi connectivity index (χ1n) is 6.22. The topological polar surface area (TPSA) is 61.3 Å². The first-order chi connectivity index (χ1) is 8.72. The zero-order valence-electron chi connectivity index (χ0n) is 10.5. The Hall–Kier alpha value is -1.65. The molecule has 2 aliphatic rings. The van der Waals surface area contributed by atoms with Crippen molar-refractivity contribution >= 4 is 5.78 Å². The molecule has 1 aromatic rings. The van der Waals surface area contributed by atoms with Crippen molar-refractivity contribution in [2.45, 2.75) is 19.3 Å². The summed E-state index contributed by atoms with van der Waals surface area (Å²) in [6.07, 6.45) is 4.77. The number of Topliss-reactive ketones (excluding diaryl/α,β-unsaturated/α-hetero) is 1. The fourth-order valence-corrected chi connectivity index (χ4v) is 2.89. The van der Waals surface area contributed by atoms with Crippen LogP contribution in [0.15, 0.2) is 6.20 Å². The molecule has 2 aliphatic carbocycles. The van der Waals surface area contributed by atoms with Gasteiger partial charge in [-0.1, -0.05) is 0 Å². The molecule has 18 heavy (non-hydrogen) atoms. The molecule has 2 fully saturated rings. The monoisotopic (exact) mass is 248 g/mol. The Morgan fingerprint density at radius 3 is 2.56 bits per heavy atom. The molecule has 0 amide bonds. The maximum Gasteiger partial charge on any atom is 0.246 e. The summed E-state index contributed by atoms with van der Waals surface area (Å²) in [6.45, 7) is 0. The van der Waals surface area contributed by atoms with Crippen LogP contribution in [0, 0.1) is 17.8 Å². The molecule has 96 valence electrons. The number of hydrogen-bond donors (Lipinski definition) is 0. The second kappa shape index (κ2) is 4.23. The molecule has 0 radical (unpaired) electrons. The van der Waals surface area contributed by atoms with E-state index >= 15 is 0 Å². The van der Waals surface area contributed by atoms with Gasteiger partial charge in [0.15, 0.2) is 11.5 Å². The smallest absolute Gasteiger partial charge is 0.246 e. The second-order valence-corrected chi connectivity index (χ2v) is 5.06. The zero-order valence-corrected chi connectivity index (χ0v) is 10.5. The SMILES string of the molecule is COc1cnc(C(=O)C2CC3CC3C2)c(OC)n1. The molecule has 0 aliphatic heterocycles. The van der Waals surface area contributed by atoms with E-state index in [4.69, 9.17) is 9.47 Å². The highest BCUT2D eigenvalue weighted by Gasteiger charge is 2.48. The van der Waals surface area contributed by atoms with Crippen LogP contribution in [-0.2, 0) is 0 Å². The summed E-state index contributed by atoms with van der Waals surface area (Å²) in [5.74, 6) is 2.34. The second-order valence-electron chi connectivity index (χ2n) is 5.06. The lowest BCUT2D eigenvalue weighted by Gasteiger charge is -2.12. The van der Waals surface area contributed by atoms with E-state index in [2.05, 4.69) is 9.97 Å². The van der Waals surface area contributed by atoms with Gasteiger partial charge in [0.05, 0.1) is 20.4 Å². The quantitative estimate of drug-likeness (QED) is 0.759. The molecular formula is C13H16N2O3. The number of carbonyl (C=O) groups is 1. The number of fused-ring (bicyclic) bond motifs is 1. The summed E-state index contributed by atoms with van der Waals surface area (Å²) < 4.78 is 10.1. The number of aromatic nitrogens is 2. The molecule has 2 unspecified atom stereocenters. The van der Waals surface area contributed by atoms with Crippen LogP contribution in [0.25, 0.3) is 0 Å². The average molecular weight is 248 g/mol. The molecule has 5 heteroatoms. The van der Waals surface area contributed by atoms with E-state index in [1.54, 1.807) is 0 Å². The van der Waals surface area contributed by atoms with Gasteiger partial charge in [0, 0.05) is 5.92 Å². The van der Waals surface area contributed by atoms with Crippen LogP contribution in [0.3, 0.4) is 0 Å². The standard InChI is InChI=1S/C13H16N2O3/c1-17-10-6-14-11(13(15-10)18-2)12(16)9-4-7-3-8(7)5-9/h6-9H,3-5H2,1-2H3. The minimum atomic E-state index is 0.0641. The van der Waals surface area contributed by atoms with Crippen molar-refractivity contribution in [2.75, 3.05) is 14.2 Å². The number of ether oxygens (including phenoxy) is 2. The van der Waals surface area contributed by atoms with Gasteiger partial charge in [-0.25, -0.2) is 4.98 Å². The third kappa shape index (κ3) is 1.83. The number of methoxy groups -OCH3 is 2. The van der Waals surface area contributed by atoms with E-state index in [-0.39, 0.29) is 17.6 Å². The normalized spacial score (nSPS) is 28.7. The molecule has 2 saturated carbocycles. The number of ketones is 1. The van der Waals surface area contributed by atoms with Gasteiger partial charge in [-0.3, -0.25) is 4.79 Å². The first kappa shape index (κ1) is 11.4. The molecule has 2 atom stereocenters. The van der Waals surface area contributed by atoms with E-state index in [0.717, 1.165) is 24.7 Å². The fourth-order valence-electron chi connectivity index (χ4n) is 2.89. The van der Waals surface area contributed by atoms with Crippen molar-refractivity contribution in [1.29, 1.82) is 0 Å². The van der Waals surface area contributed by atoms with Crippen LogP contribution < -0.4 is 9.47 Å². The van der Waals surface area contributed by atoms with Crippen LogP contribution in [0.5, 0.6) is 11.8 Å². The molecule has 0 spiro atoms. The number of carbonyl (C=O) groups excluding carboxylic acids is 1. The minimum absolute atomic E-state index is 0.0641. The maximum atomic E-state index is 12.4. The largest absolute Gasteiger partial charge is 0.480 e. The van der Waals surface area contributed by atoms with E-state index in [9.17, 15) is 4.79 Å². The fraction of sp³-hybridized carbons (Fsp3) is 0.615. The highest BCUT2D eigenvalue weighted by molar-refractivity contribution is 5.98. The van der Waals surface area contributed by atoms with Crippen molar-refractivity contribution in [3.05, 3.63) is 11.9 Å². The molecule has 0 N–H and O–H groups in total. The van der Waals surface area contributed by atoms with Crippen molar-refractivity contribution in [2.24, 2.45) is 17.8 Å². The van der Waals surface area contributed by atoms with Crippen LogP contribution in [0.1, 0.15) is 29.8 Å². The summed E-state index contributed by atoms with van der Waals surface area (Å²) in [6, 6.07) is 0. The molecule has 0 aromatic carbocycles. The Morgan fingerprint density at radius 1 is 1.22 bits per heavy atom. The van der Waals surface area contributed by atoms with E-state index < -0.39 is 0 Å². The summed E-state index contributed by atoms with van der Waals surface area (Å²) in [4.78, 5) is 20.6. The van der Waals surface area contributed by atoms with Crippen molar-refractivity contribution < 1.29 is 14.3 Å². The van der Waals surface area contributed by atoms with Crippen molar-refractivity contribution in [3.8, 4) is 11.8 Å². The van der Waals surface area contributed by atoms with Crippen molar-refractivity contribution in [3.63, 3.8) is 0 Å². The predicted octanol–water partition coefficient (Wildman–Crippen LogP) is 1.72. The predicted molar refractivity (Wildman–Crippen MR) is 63.8 cm³/mol. The van der Waals surface area contributed by atoms with E-state index in [1.807, 2.05) is 0 Å². The van der Waals surface area contributed by atoms with Gasteiger partial charge >= 0.3 is 0 Å². The highest BCUT2D eigenvalue weighted by atomic mass is 16.5. The zero-order chi connectivity index (χ0) is 12.7. The highest BCUT2D eigenvalue weighted by Crippen LogP contribution is 2.55. The molecule has 1 aromatic heterocycles. The van der Waals surface area contributed by atoms with Gasteiger partial charge < -0.3 is 9.47 Å². The lowest BCUT2D eigenvalue weighted by atomic mass is 9.96. The van der Waals surface area contributed by atoms with Crippen LogP contribution in [-0.4, -0.2) is 30.0 Å². The Kier molecular flexibility index (Phi) is 2.69. The summed E-state index contributed by atoms with van der Waals surface area (Å²) >= 11 is 0. The van der Waals surface area contributed by atoms with E-state index in [0.29, 0.717) is 11.6 Å². The Balaban J connectivity index is 1.84. The van der Waals surface area contributed by atoms with Gasteiger partial charge in [0.1, 0.15) is 0 Å². The van der Waals surface area contributed by atoms with Crippen LogP contribution >= 0.6 is 0 Å².